The molecule has 0 fully saturated rings. The number of anilines is 1. The predicted molar refractivity (Wildman–Crippen MR) is 60.1 cm³/mol. The molecule has 2 N–H and O–H groups in total. The Labute approximate surface area is 90.3 Å². The van der Waals surface area contributed by atoms with E-state index in [4.69, 9.17) is 10.5 Å². The van der Waals surface area contributed by atoms with Gasteiger partial charge in [-0.1, -0.05) is 0 Å². The summed E-state index contributed by atoms with van der Waals surface area (Å²) in [6, 6.07) is 0. The lowest BCUT2D eigenvalue weighted by Gasteiger charge is -2.20. The first-order valence-corrected chi connectivity index (χ1v) is 5.21. The Kier molecular flexibility index (Phi) is 4.83. The van der Waals surface area contributed by atoms with Gasteiger partial charge in [0.2, 0.25) is 5.88 Å². The van der Waals surface area contributed by atoms with Crippen molar-refractivity contribution >= 4 is 5.82 Å². The third-order valence-corrected chi connectivity index (χ3v) is 2.00. The van der Waals surface area contributed by atoms with Gasteiger partial charge in [-0.15, -0.1) is 0 Å². The molecule has 0 aliphatic carbocycles. The monoisotopic (exact) mass is 210 g/mol. The molecule has 0 aromatic carbocycles. The number of likely N-dealkylation sites (N-methyl/N-ethyl adjacent to an activating group) is 1. The molecule has 0 amide bonds. The van der Waals surface area contributed by atoms with Crippen molar-refractivity contribution in [2.75, 3.05) is 31.1 Å². The van der Waals surface area contributed by atoms with E-state index < -0.39 is 0 Å². The van der Waals surface area contributed by atoms with Gasteiger partial charge in [-0.05, 0) is 13.8 Å². The molecule has 0 aliphatic rings. The number of rotatable bonds is 6. The first-order chi connectivity index (χ1) is 7.31. The second-order valence-electron chi connectivity index (χ2n) is 3.02. The van der Waals surface area contributed by atoms with E-state index in [0.29, 0.717) is 19.0 Å². The Morgan fingerprint density at radius 2 is 2.20 bits per heavy atom. The van der Waals surface area contributed by atoms with Gasteiger partial charge < -0.3 is 15.4 Å². The van der Waals surface area contributed by atoms with E-state index >= 15 is 0 Å². The van der Waals surface area contributed by atoms with Gasteiger partial charge in [0.15, 0.2) is 5.82 Å². The van der Waals surface area contributed by atoms with Crippen molar-refractivity contribution in [1.29, 1.82) is 0 Å². The molecule has 0 bridgehead atoms. The Bertz CT molecular complexity index is 293. The average molecular weight is 210 g/mol. The number of aromatic nitrogens is 2. The van der Waals surface area contributed by atoms with Crippen molar-refractivity contribution in [2.45, 2.75) is 13.8 Å². The lowest BCUT2D eigenvalue weighted by atomic mass is 10.4. The smallest absolute Gasteiger partial charge is 0.234 e. The molecule has 0 radical (unpaired) electrons. The minimum Gasteiger partial charge on any atom is -0.477 e. The summed E-state index contributed by atoms with van der Waals surface area (Å²) in [7, 11) is 0. The molecule has 0 unspecified atom stereocenters. The highest BCUT2D eigenvalue weighted by Crippen LogP contribution is 2.13. The highest BCUT2D eigenvalue weighted by Gasteiger charge is 2.06. The van der Waals surface area contributed by atoms with Crippen LogP contribution in [0, 0.1) is 0 Å². The summed E-state index contributed by atoms with van der Waals surface area (Å²) in [4.78, 5) is 10.5. The number of hydrogen-bond acceptors (Lipinski definition) is 5. The summed E-state index contributed by atoms with van der Waals surface area (Å²) in [5, 5.41) is 0. The topological polar surface area (TPSA) is 64.3 Å². The standard InChI is InChI=1S/C10H18N4O/c1-3-14(6-5-11)9-7-12-8-10(13-9)15-4-2/h7-8H,3-6,11H2,1-2H3. The summed E-state index contributed by atoms with van der Waals surface area (Å²) < 4.78 is 5.29. The zero-order valence-corrected chi connectivity index (χ0v) is 9.31. The van der Waals surface area contributed by atoms with Gasteiger partial charge >= 0.3 is 0 Å². The average Bonchev–Trinajstić information content (AvgIpc) is 2.27. The van der Waals surface area contributed by atoms with E-state index in [2.05, 4.69) is 21.8 Å². The maximum atomic E-state index is 5.52. The minimum absolute atomic E-state index is 0.561. The van der Waals surface area contributed by atoms with Crippen molar-refractivity contribution < 1.29 is 4.74 Å². The lowest BCUT2D eigenvalue weighted by molar-refractivity contribution is 0.325. The number of hydrogen-bond donors (Lipinski definition) is 1. The SMILES string of the molecule is CCOc1cncc(N(CC)CCN)n1. The fourth-order valence-corrected chi connectivity index (χ4v) is 1.30. The van der Waals surface area contributed by atoms with E-state index in [0.717, 1.165) is 18.9 Å². The summed E-state index contributed by atoms with van der Waals surface area (Å²) in [6.07, 6.45) is 3.34. The third kappa shape index (κ3) is 3.36. The van der Waals surface area contributed by atoms with Crippen molar-refractivity contribution in [3.63, 3.8) is 0 Å². The molecule has 5 heteroatoms. The molecule has 0 atom stereocenters. The van der Waals surface area contributed by atoms with Gasteiger partial charge in [0, 0.05) is 19.6 Å². The van der Waals surface area contributed by atoms with Crippen molar-refractivity contribution in [1.82, 2.24) is 9.97 Å². The highest BCUT2D eigenvalue weighted by atomic mass is 16.5. The summed E-state index contributed by atoms with van der Waals surface area (Å²) >= 11 is 0. The summed E-state index contributed by atoms with van der Waals surface area (Å²) in [5.74, 6) is 1.37. The second-order valence-corrected chi connectivity index (χ2v) is 3.02. The van der Waals surface area contributed by atoms with E-state index in [1.54, 1.807) is 12.4 Å². The van der Waals surface area contributed by atoms with Crippen LogP contribution in [0.5, 0.6) is 5.88 Å². The van der Waals surface area contributed by atoms with Crippen LogP contribution in [0.1, 0.15) is 13.8 Å². The molecule has 15 heavy (non-hydrogen) atoms. The van der Waals surface area contributed by atoms with Crippen LogP contribution >= 0.6 is 0 Å². The number of ether oxygens (including phenoxy) is 1. The molecule has 1 rings (SSSR count). The van der Waals surface area contributed by atoms with Crippen LogP contribution in [-0.2, 0) is 0 Å². The van der Waals surface area contributed by atoms with Crippen molar-refractivity contribution in [3.8, 4) is 5.88 Å². The van der Waals surface area contributed by atoms with E-state index in [1.165, 1.54) is 0 Å². The molecule has 1 aromatic rings. The molecule has 84 valence electrons. The fourth-order valence-electron chi connectivity index (χ4n) is 1.30. The largest absolute Gasteiger partial charge is 0.477 e. The van der Waals surface area contributed by atoms with Gasteiger partial charge in [0.1, 0.15) is 0 Å². The van der Waals surface area contributed by atoms with Crippen molar-refractivity contribution in [3.05, 3.63) is 12.4 Å². The number of nitrogens with two attached hydrogens (primary N) is 1. The second kappa shape index (κ2) is 6.19. The molecule has 5 nitrogen and oxygen atoms in total. The van der Waals surface area contributed by atoms with Gasteiger partial charge in [0.25, 0.3) is 0 Å². The van der Waals surface area contributed by atoms with Crippen LogP contribution in [-0.4, -0.2) is 36.2 Å². The van der Waals surface area contributed by atoms with Crippen LogP contribution < -0.4 is 15.4 Å². The Morgan fingerprint density at radius 3 is 2.80 bits per heavy atom. The normalized spacial score (nSPS) is 10.1. The van der Waals surface area contributed by atoms with Gasteiger partial charge in [-0.2, -0.15) is 4.98 Å². The van der Waals surface area contributed by atoms with Gasteiger partial charge in [0.05, 0.1) is 19.0 Å². The van der Waals surface area contributed by atoms with Crippen LogP contribution in [0.4, 0.5) is 5.82 Å². The third-order valence-electron chi connectivity index (χ3n) is 2.00. The van der Waals surface area contributed by atoms with Crippen LogP contribution in [0.2, 0.25) is 0 Å². The molecule has 0 saturated heterocycles. The minimum atomic E-state index is 0.561. The zero-order chi connectivity index (χ0) is 11.1. The summed E-state index contributed by atoms with van der Waals surface area (Å²) in [5.41, 5.74) is 5.52. The Morgan fingerprint density at radius 1 is 1.40 bits per heavy atom. The number of nitrogens with zero attached hydrogens (tertiary/aromatic N) is 3. The molecule has 0 saturated carbocycles. The van der Waals surface area contributed by atoms with E-state index in [-0.39, 0.29) is 0 Å². The molecular weight excluding hydrogens is 192 g/mol. The zero-order valence-electron chi connectivity index (χ0n) is 9.31. The van der Waals surface area contributed by atoms with Crippen LogP contribution in [0.15, 0.2) is 12.4 Å². The maximum absolute atomic E-state index is 5.52. The quantitative estimate of drug-likeness (QED) is 0.747. The summed E-state index contributed by atoms with van der Waals surface area (Å²) in [6.45, 7) is 6.83. The maximum Gasteiger partial charge on any atom is 0.234 e. The lowest BCUT2D eigenvalue weighted by Crippen LogP contribution is -2.29. The highest BCUT2D eigenvalue weighted by molar-refractivity contribution is 5.37. The predicted octanol–water partition coefficient (Wildman–Crippen LogP) is 0.660. The molecule has 0 spiro atoms. The van der Waals surface area contributed by atoms with Crippen LogP contribution in [0.25, 0.3) is 0 Å². The van der Waals surface area contributed by atoms with Crippen LogP contribution in [0.3, 0.4) is 0 Å². The van der Waals surface area contributed by atoms with E-state index in [9.17, 15) is 0 Å². The van der Waals surface area contributed by atoms with Gasteiger partial charge in [-0.3, -0.25) is 4.98 Å². The fraction of sp³-hybridized carbons (Fsp3) is 0.600. The first kappa shape index (κ1) is 11.7. The molecule has 0 aliphatic heterocycles. The molecule has 1 aromatic heterocycles. The first-order valence-electron chi connectivity index (χ1n) is 5.21. The van der Waals surface area contributed by atoms with E-state index in [1.807, 2.05) is 6.92 Å². The molecular formula is C10H18N4O. The van der Waals surface area contributed by atoms with Crippen molar-refractivity contribution in [2.24, 2.45) is 5.73 Å². The molecule has 1 heterocycles. The Hall–Kier alpha value is -1.36. The Balaban J connectivity index is 2.77. The van der Waals surface area contributed by atoms with Gasteiger partial charge in [-0.25, -0.2) is 0 Å².